The maximum atomic E-state index is 11.7. The third-order valence-corrected chi connectivity index (χ3v) is 7.44. The lowest BCUT2D eigenvalue weighted by Crippen LogP contribution is -2.72. The van der Waals surface area contributed by atoms with Crippen molar-refractivity contribution >= 4 is 46.7 Å². The van der Waals surface area contributed by atoms with Crippen LogP contribution in [-0.2, 0) is 9.59 Å². The Balaban J connectivity index is 1.72. The Bertz CT molecular complexity index is 538. The van der Waals surface area contributed by atoms with Gasteiger partial charge in [-0.1, -0.05) is 0 Å². The molecule has 3 atom stereocenters. The van der Waals surface area contributed by atoms with E-state index in [0.29, 0.717) is 11.5 Å². The highest BCUT2D eigenvalue weighted by Crippen LogP contribution is 2.44. The van der Waals surface area contributed by atoms with Crippen LogP contribution < -0.4 is 5.73 Å². The van der Waals surface area contributed by atoms with Gasteiger partial charge in [0.2, 0.25) is 5.91 Å². The van der Waals surface area contributed by atoms with E-state index in [-0.39, 0.29) is 17.8 Å². The number of aromatic nitrogens is 1. The summed E-state index contributed by atoms with van der Waals surface area (Å²) in [7, 11) is 0. The number of carboxylic acids is 1. The van der Waals surface area contributed by atoms with Crippen LogP contribution in [0.15, 0.2) is 15.9 Å². The molecule has 2 fully saturated rings. The molecule has 0 radical (unpaired) electrons. The number of nitrogens with two attached hydrogens (primary N) is 1. The lowest BCUT2D eigenvalue weighted by atomic mass is 9.89. The Labute approximate surface area is 128 Å². The standard InChI is InChI=1S/C11H13N3O3S3/c12-7-8(15)14-2-11(10(16)17,4-19-9(7)14)3-18-6-1-13-5-20-6/h1,5,7,9H,2-4,12H2,(H,16,17)/t7?,9-,11?/m1/s1. The molecule has 0 aromatic carbocycles. The largest absolute Gasteiger partial charge is 0.481 e. The quantitative estimate of drug-likeness (QED) is 0.614. The molecule has 2 unspecified atom stereocenters. The molecule has 0 bridgehead atoms. The van der Waals surface area contributed by atoms with E-state index >= 15 is 0 Å². The number of thiazole rings is 1. The Kier molecular flexibility index (Phi) is 3.69. The summed E-state index contributed by atoms with van der Waals surface area (Å²) >= 11 is 4.44. The zero-order valence-corrected chi connectivity index (χ0v) is 12.8. The number of carbonyl (C=O) groups is 2. The molecule has 3 heterocycles. The zero-order valence-electron chi connectivity index (χ0n) is 10.4. The molecule has 6 nitrogen and oxygen atoms in total. The molecular weight excluding hydrogens is 318 g/mol. The number of thioether (sulfide) groups is 2. The summed E-state index contributed by atoms with van der Waals surface area (Å²) in [6, 6.07) is -0.471. The molecule has 2 aliphatic rings. The molecule has 3 rings (SSSR count). The molecule has 0 saturated carbocycles. The van der Waals surface area contributed by atoms with Crippen molar-refractivity contribution in [1.29, 1.82) is 0 Å². The SMILES string of the molecule is NC1C(=O)N2CC(CSc3cncs3)(C(=O)O)CS[C@H]12. The number of hydrogen-bond acceptors (Lipinski definition) is 7. The fourth-order valence-corrected chi connectivity index (χ4v) is 5.71. The van der Waals surface area contributed by atoms with Crippen LogP contribution in [0.5, 0.6) is 0 Å². The number of carbonyl (C=O) groups excluding carboxylic acids is 1. The normalized spacial score (nSPS) is 32.6. The molecule has 1 amide bonds. The Morgan fingerprint density at radius 3 is 3.15 bits per heavy atom. The van der Waals surface area contributed by atoms with E-state index in [9.17, 15) is 14.7 Å². The molecule has 1 aromatic heterocycles. The fraction of sp³-hybridized carbons (Fsp3) is 0.545. The molecule has 2 aliphatic heterocycles. The van der Waals surface area contributed by atoms with Gasteiger partial charge in [0.15, 0.2) is 0 Å². The van der Waals surface area contributed by atoms with Crippen molar-refractivity contribution in [3.63, 3.8) is 0 Å². The minimum atomic E-state index is -0.911. The van der Waals surface area contributed by atoms with Crippen molar-refractivity contribution in [2.45, 2.75) is 15.6 Å². The predicted molar refractivity (Wildman–Crippen MR) is 78.8 cm³/mol. The molecule has 2 saturated heterocycles. The van der Waals surface area contributed by atoms with Gasteiger partial charge in [-0.25, -0.2) is 0 Å². The lowest BCUT2D eigenvalue weighted by Gasteiger charge is -2.52. The summed E-state index contributed by atoms with van der Waals surface area (Å²) in [5.74, 6) is -0.0798. The van der Waals surface area contributed by atoms with Crippen LogP contribution in [0.4, 0.5) is 0 Å². The minimum Gasteiger partial charge on any atom is -0.481 e. The van der Waals surface area contributed by atoms with Crippen LogP contribution in [0.1, 0.15) is 0 Å². The van der Waals surface area contributed by atoms with Crippen LogP contribution in [0.2, 0.25) is 0 Å². The number of aliphatic carboxylic acids is 1. The first-order chi connectivity index (χ1) is 9.53. The fourth-order valence-electron chi connectivity index (χ4n) is 2.29. The van der Waals surface area contributed by atoms with Gasteiger partial charge in [-0.2, -0.15) is 0 Å². The summed E-state index contributed by atoms with van der Waals surface area (Å²) in [5.41, 5.74) is 6.53. The van der Waals surface area contributed by atoms with Crippen molar-refractivity contribution in [1.82, 2.24) is 9.88 Å². The van der Waals surface area contributed by atoms with E-state index < -0.39 is 17.4 Å². The predicted octanol–water partition coefficient (Wildman–Crippen LogP) is 0.549. The summed E-state index contributed by atoms with van der Waals surface area (Å²) < 4.78 is 0.990. The molecular formula is C11H13N3O3S3. The lowest BCUT2D eigenvalue weighted by molar-refractivity contribution is -0.155. The van der Waals surface area contributed by atoms with Gasteiger partial charge in [-0.15, -0.1) is 34.9 Å². The highest BCUT2D eigenvalue weighted by atomic mass is 32.2. The second-order valence-electron chi connectivity index (χ2n) is 4.89. The van der Waals surface area contributed by atoms with Gasteiger partial charge in [-0.05, 0) is 0 Å². The Morgan fingerprint density at radius 2 is 2.50 bits per heavy atom. The van der Waals surface area contributed by atoms with Gasteiger partial charge in [0.25, 0.3) is 0 Å². The van der Waals surface area contributed by atoms with E-state index in [1.54, 1.807) is 16.6 Å². The number of carboxylic acid groups (broad SMARTS) is 1. The number of β-lactam (4-membered cyclic amide) rings is 1. The molecule has 108 valence electrons. The first-order valence-corrected chi connectivity index (χ1v) is 8.87. The van der Waals surface area contributed by atoms with Gasteiger partial charge in [0.05, 0.1) is 15.9 Å². The Hall–Kier alpha value is -0.770. The van der Waals surface area contributed by atoms with E-state index in [4.69, 9.17) is 5.73 Å². The topological polar surface area (TPSA) is 96.5 Å². The van der Waals surface area contributed by atoms with Gasteiger partial charge >= 0.3 is 5.97 Å². The van der Waals surface area contributed by atoms with Gasteiger partial charge < -0.3 is 15.7 Å². The molecule has 0 spiro atoms. The Morgan fingerprint density at radius 1 is 1.70 bits per heavy atom. The van der Waals surface area contributed by atoms with Crippen LogP contribution in [0.3, 0.4) is 0 Å². The van der Waals surface area contributed by atoms with Crippen molar-refractivity contribution < 1.29 is 14.7 Å². The highest BCUT2D eigenvalue weighted by molar-refractivity contribution is 8.01. The third-order valence-electron chi connectivity index (χ3n) is 3.54. The van der Waals surface area contributed by atoms with E-state index in [2.05, 4.69) is 4.98 Å². The van der Waals surface area contributed by atoms with Crippen LogP contribution in [-0.4, -0.2) is 56.3 Å². The van der Waals surface area contributed by atoms with Crippen LogP contribution in [0, 0.1) is 5.41 Å². The van der Waals surface area contributed by atoms with E-state index in [1.165, 1.54) is 34.9 Å². The van der Waals surface area contributed by atoms with Crippen LogP contribution >= 0.6 is 34.9 Å². The van der Waals surface area contributed by atoms with Gasteiger partial charge in [-0.3, -0.25) is 14.6 Å². The molecule has 9 heteroatoms. The van der Waals surface area contributed by atoms with Gasteiger partial charge in [0.1, 0.15) is 16.8 Å². The third kappa shape index (κ3) is 2.22. The zero-order chi connectivity index (χ0) is 14.3. The molecule has 20 heavy (non-hydrogen) atoms. The summed E-state index contributed by atoms with van der Waals surface area (Å²) in [4.78, 5) is 29.0. The number of nitrogens with zero attached hydrogens (tertiary/aromatic N) is 2. The highest BCUT2D eigenvalue weighted by Gasteiger charge is 2.55. The first kappa shape index (κ1) is 14.2. The molecule has 1 aromatic rings. The first-order valence-electron chi connectivity index (χ1n) is 5.96. The average Bonchev–Trinajstić information content (AvgIpc) is 2.97. The summed E-state index contributed by atoms with van der Waals surface area (Å²) in [6.45, 7) is 0.248. The van der Waals surface area contributed by atoms with Crippen LogP contribution in [0.25, 0.3) is 0 Å². The van der Waals surface area contributed by atoms with Crippen molar-refractivity contribution in [3.05, 3.63) is 11.7 Å². The smallest absolute Gasteiger partial charge is 0.313 e. The number of hydrogen-bond donors (Lipinski definition) is 2. The molecule has 0 aliphatic carbocycles. The number of rotatable bonds is 4. The minimum absolute atomic E-state index is 0.0524. The van der Waals surface area contributed by atoms with Crippen molar-refractivity contribution in [2.24, 2.45) is 11.1 Å². The average molecular weight is 331 g/mol. The monoisotopic (exact) mass is 331 g/mol. The maximum Gasteiger partial charge on any atom is 0.313 e. The van der Waals surface area contributed by atoms with Crippen molar-refractivity contribution in [2.75, 3.05) is 18.1 Å². The van der Waals surface area contributed by atoms with E-state index in [1.807, 2.05) is 0 Å². The molecule has 3 N–H and O–H groups in total. The number of amides is 1. The maximum absolute atomic E-state index is 11.7. The summed E-state index contributed by atoms with van der Waals surface area (Å²) in [6.07, 6.45) is 1.73. The van der Waals surface area contributed by atoms with Crippen molar-refractivity contribution in [3.8, 4) is 0 Å². The second-order valence-corrected chi connectivity index (χ2v) is 8.16. The number of fused-ring (bicyclic) bond motifs is 1. The second kappa shape index (κ2) is 5.21. The summed E-state index contributed by atoms with van der Waals surface area (Å²) in [5, 5.41) is 9.54. The van der Waals surface area contributed by atoms with Gasteiger partial charge in [0, 0.05) is 18.1 Å². The van der Waals surface area contributed by atoms with E-state index in [0.717, 1.165) is 4.21 Å².